The summed E-state index contributed by atoms with van der Waals surface area (Å²) in [5.41, 5.74) is 4.52. The van der Waals surface area contributed by atoms with Gasteiger partial charge in [0.2, 0.25) is 5.91 Å². The molecule has 3 N–H and O–H groups in total. The van der Waals surface area contributed by atoms with Gasteiger partial charge in [0.05, 0.1) is 0 Å². The van der Waals surface area contributed by atoms with Crippen LogP contribution in [0.4, 0.5) is 4.79 Å². The molecule has 0 aliphatic heterocycles. The quantitative estimate of drug-likeness (QED) is 0.620. The molecule has 158 valence electrons. The lowest BCUT2D eigenvalue weighted by Gasteiger charge is -2.18. The zero-order valence-corrected chi connectivity index (χ0v) is 17.1. The van der Waals surface area contributed by atoms with Crippen LogP contribution in [0.15, 0.2) is 48.5 Å². The fourth-order valence-electron chi connectivity index (χ4n) is 3.68. The van der Waals surface area contributed by atoms with E-state index in [4.69, 9.17) is 9.84 Å². The predicted octanol–water partition coefficient (Wildman–Crippen LogP) is 3.14. The maximum atomic E-state index is 12.2. The van der Waals surface area contributed by atoms with Crippen LogP contribution in [0.5, 0.6) is 0 Å². The number of rotatable bonds is 8. The van der Waals surface area contributed by atoms with Crippen LogP contribution in [-0.4, -0.2) is 42.3 Å². The van der Waals surface area contributed by atoms with Gasteiger partial charge in [-0.1, -0.05) is 55.5 Å². The summed E-state index contributed by atoms with van der Waals surface area (Å²) >= 11 is 0. The normalized spacial score (nSPS) is 14.2. The molecule has 1 aliphatic rings. The van der Waals surface area contributed by atoms with Gasteiger partial charge >= 0.3 is 12.1 Å². The van der Waals surface area contributed by atoms with Gasteiger partial charge in [0.1, 0.15) is 12.6 Å². The summed E-state index contributed by atoms with van der Waals surface area (Å²) in [5.74, 6) is -1.56. The average Bonchev–Trinajstić information content (AvgIpc) is 3.04. The van der Waals surface area contributed by atoms with Crippen LogP contribution < -0.4 is 10.6 Å². The highest BCUT2D eigenvalue weighted by atomic mass is 16.5. The summed E-state index contributed by atoms with van der Waals surface area (Å²) in [5, 5.41) is 13.9. The Labute approximate surface area is 175 Å². The van der Waals surface area contributed by atoms with Gasteiger partial charge < -0.3 is 20.5 Å². The lowest BCUT2D eigenvalue weighted by Crippen LogP contribution is -2.46. The van der Waals surface area contributed by atoms with E-state index in [0.29, 0.717) is 0 Å². The van der Waals surface area contributed by atoms with Crippen LogP contribution in [0.25, 0.3) is 11.1 Å². The van der Waals surface area contributed by atoms with Crippen LogP contribution in [0.2, 0.25) is 0 Å². The maximum Gasteiger partial charge on any atom is 0.407 e. The maximum absolute atomic E-state index is 12.2. The number of carbonyl (C=O) groups excluding carboxylic acids is 2. The number of hydrogen-bond donors (Lipinski definition) is 3. The van der Waals surface area contributed by atoms with Crippen molar-refractivity contribution in [3.05, 3.63) is 59.7 Å². The number of ether oxygens (including phenoxy) is 1. The van der Waals surface area contributed by atoms with E-state index < -0.39 is 18.1 Å². The molecule has 0 fully saturated rings. The van der Waals surface area contributed by atoms with Crippen molar-refractivity contribution in [2.75, 3.05) is 13.2 Å². The number of hydrogen-bond acceptors (Lipinski definition) is 4. The molecule has 3 rings (SSSR count). The van der Waals surface area contributed by atoms with Crippen LogP contribution in [-0.2, 0) is 14.3 Å². The molecular weight excluding hydrogens is 384 g/mol. The van der Waals surface area contributed by atoms with E-state index in [1.165, 1.54) is 0 Å². The molecule has 7 heteroatoms. The molecule has 0 radical (unpaired) electrons. The molecule has 2 aromatic carbocycles. The number of carboxylic acid groups (broad SMARTS) is 1. The highest BCUT2D eigenvalue weighted by Gasteiger charge is 2.29. The Bertz CT molecular complexity index is 897. The number of nitrogens with one attached hydrogen (secondary N) is 2. The van der Waals surface area contributed by atoms with Crippen LogP contribution in [0, 0.1) is 5.92 Å². The van der Waals surface area contributed by atoms with Gasteiger partial charge in [0, 0.05) is 18.9 Å². The van der Waals surface area contributed by atoms with E-state index in [9.17, 15) is 14.4 Å². The fraction of sp³-hybridized carbons (Fsp3) is 0.348. The molecular formula is C23H26N2O5. The standard InChI is InChI=1S/C23H26N2O5/c1-14(11-21(26)27)12-24-22(28)15(2)25-23(29)30-13-20-18-9-5-3-7-16(18)17-8-4-6-10-19(17)20/h3-10,14-15,20H,11-13H2,1-2H3,(H,24,28)(H,25,29)(H,26,27). The summed E-state index contributed by atoms with van der Waals surface area (Å²) in [6.07, 6.45) is -0.702. The molecule has 2 unspecified atom stereocenters. The van der Waals surface area contributed by atoms with Crippen LogP contribution in [0.1, 0.15) is 37.3 Å². The molecule has 0 spiro atoms. The summed E-state index contributed by atoms with van der Waals surface area (Å²) in [7, 11) is 0. The lowest BCUT2D eigenvalue weighted by atomic mass is 9.98. The Balaban J connectivity index is 1.52. The Hall–Kier alpha value is -3.35. The van der Waals surface area contributed by atoms with Crippen molar-refractivity contribution in [2.45, 2.75) is 32.2 Å². The molecule has 0 saturated carbocycles. The van der Waals surface area contributed by atoms with E-state index in [2.05, 4.69) is 22.8 Å². The molecule has 0 bridgehead atoms. The Morgan fingerprint density at radius 3 is 2.13 bits per heavy atom. The summed E-state index contributed by atoms with van der Waals surface area (Å²) in [6.45, 7) is 3.68. The van der Waals surface area contributed by atoms with E-state index >= 15 is 0 Å². The zero-order valence-electron chi connectivity index (χ0n) is 17.1. The van der Waals surface area contributed by atoms with Crippen molar-refractivity contribution in [1.82, 2.24) is 10.6 Å². The molecule has 2 atom stereocenters. The summed E-state index contributed by atoms with van der Waals surface area (Å²) in [4.78, 5) is 35.0. The largest absolute Gasteiger partial charge is 0.481 e. The molecule has 0 heterocycles. The molecule has 2 amide bonds. The fourth-order valence-corrected chi connectivity index (χ4v) is 3.68. The summed E-state index contributed by atoms with van der Waals surface area (Å²) in [6, 6.07) is 15.3. The van der Waals surface area contributed by atoms with Crippen LogP contribution in [0.3, 0.4) is 0 Å². The third-order valence-electron chi connectivity index (χ3n) is 5.22. The first-order valence-electron chi connectivity index (χ1n) is 9.97. The third-order valence-corrected chi connectivity index (χ3v) is 5.22. The van der Waals surface area contributed by atoms with Crippen molar-refractivity contribution in [1.29, 1.82) is 0 Å². The SMILES string of the molecule is CC(CNC(=O)C(C)NC(=O)OCC1c2ccccc2-c2ccccc21)CC(=O)O. The van der Waals surface area contributed by atoms with Gasteiger partial charge in [0.25, 0.3) is 0 Å². The van der Waals surface area contributed by atoms with Crippen molar-refractivity contribution in [2.24, 2.45) is 5.92 Å². The van der Waals surface area contributed by atoms with E-state index in [1.54, 1.807) is 13.8 Å². The predicted molar refractivity (Wildman–Crippen MR) is 112 cm³/mol. The van der Waals surface area contributed by atoms with Crippen molar-refractivity contribution in [3.63, 3.8) is 0 Å². The van der Waals surface area contributed by atoms with E-state index in [-0.39, 0.29) is 37.3 Å². The average molecular weight is 410 g/mol. The van der Waals surface area contributed by atoms with Gasteiger partial charge in [-0.05, 0) is 35.1 Å². The zero-order chi connectivity index (χ0) is 21.7. The first-order chi connectivity index (χ1) is 14.4. The number of alkyl carbamates (subject to hydrolysis) is 1. The summed E-state index contributed by atoms with van der Waals surface area (Å²) < 4.78 is 5.43. The van der Waals surface area contributed by atoms with E-state index in [1.807, 2.05) is 36.4 Å². The van der Waals surface area contributed by atoms with Crippen LogP contribution >= 0.6 is 0 Å². The Kier molecular flexibility index (Phi) is 6.72. The minimum atomic E-state index is -0.915. The second-order valence-corrected chi connectivity index (χ2v) is 7.64. The second kappa shape index (κ2) is 9.43. The molecule has 2 aromatic rings. The smallest absolute Gasteiger partial charge is 0.407 e. The topological polar surface area (TPSA) is 105 Å². The number of amides is 2. The van der Waals surface area contributed by atoms with Gasteiger partial charge in [-0.2, -0.15) is 0 Å². The van der Waals surface area contributed by atoms with Crippen molar-refractivity contribution >= 4 is 18.0 Å². The highest BCUT2D eigenvalue weighted by Crippen LogP contribution is 2.44. The first-order valence-corrected chi connectivity index (χ1v) is 9.97. The van der Waals surface area contributed by atoms with Gasteiger partial charge in [-0.15, -0.1) is 0 Å². The van der Waals surface area contributed by atoms with E-state index in [0.717, 1.165) is 22.3 Å². The molecule has 0 aromatic heterocycles. The Morgan fingerprint density at radius 1 is 1.00 bits per heavy atom. The number of carbonyl (C=O) groups is 3. The number of carboxylic acids is 1. The minimum absolute atomic E-state index is 0.0333. The molecule has 1 aliphatic carbocycles. The monoisotopic (exact) mass is 410 g/mol. The van der Waals surface area contributed by atoms with Crippen molar-refractivity contribution < 1.29 is 24.2 Å². The first kappa shape index (κ1) is 21.4. The van der Waals surface area contributed by atoms with Gasteiger partial charge in [0.15, 0.2) is 0 Å². The Morgan fingerprint density at radius 2 is 1.57 bits per heavy atom. The van der Waals surface area contributed by atoms with Gasteiger partial charge in [-0.3, -0.25) is 9.59 Å². The minimum Gasteiger partial charge on any atom is -0.481 e. The number of aliphatic carboxylic acids is 1. The van der Waals surface area contributed by atoms with Gasteiger partial charge in [-0.25, -0.2) is 4.79 Å². The second-order valence-electron chi connectivity index (χ2n) is 7.64. The number of benzene rings is 2. The highest BCUT2D eigenvalue weighted by molar-refractivity contribution is 5.85. The molecule has 0 saturated heterocycles. The molecule has 7 nitrogen and oxygen atoms in total. The third kappa shape index (κ3) is 4.97. The molecule has 30 heavy (non-hydrogen) atoms. The van der Waals surface area contributed by atoms with Crippen molar-refractivity contribution in [3.8, 4) is 11.1 Å². The number of fused-ring (bicyclic) bond motifs is 3. The lowest BCUT2D eigenvalue weighted by molar-refractivity contribution is -0.138.